The maximum absolute atomic E-state index is 7.18. The Morgan fingerprint density at radius 1 is 0.353 bits per heavy atom. The lowest BCUT2D eigenvalue weighted by molar-refractivity contribution is 0.435. The highest BCUT2D eigenvalue weighted by Crippen LogP contribution is 2.62. The van der Waals surface area contributed by atoms with Crippen molar-refractivity contribution in [2.75, 3.05) is 4.90 Å². The molecule has 2 aliphatic rings. The number of benzene rings is 11. The highest BCUT2D eigenvalue weighted by atomic mass is 16.5. The standard InChI is InChI=1S/C65H42N2O/c1-3-19-43(20-4-1)48-25-8-13-33-58(48)66(46-38-40-61-53(41-46)51-28-10-15-35-60(51)67(61)59-34-14-9-26-49(59)44-21-5-2-6-22-44)47-37-39-56-63(42-47)68-62-36-16-12-31-55(62)65(56)54-30-11-7-27-50(54)52-29-17-23-45-24-18-32-57(65)64(45)52/h1-42H. The molecule has 0 radical (unpaired) electrons. The average molecular weight is 867 g/mol. The van der Waals surface area contributed by atoms with Gasteiger partial charge < -0.3 is 14.2 Å². The average Bonchev–Trinajstić information content (AvgIpc) is 3.74. The van der Waals surface area contributed by atoms with E-state index in [1.807, 2.05) is 0 Å². The first-order valence-corrected chi connectivity index (χ1v) is 23.4. The highest BCUT2D eigenvalue weighted by molar-refractivity contribution is 6.11. The van der Waals surface area contributed by atoms with Crippen LogP contribution in [0.2, 0.25) is 0 Å². The summed E-state index contributed by atoms with van der Waals surface area (Å²) < 4.78 is 9.61. The lowest BCUT2D eigenvalue weighted by Gasteiger charge is -2.45. The lowest BCUT2D eigenvalue weighted by atomic mass is 9.58. The zero-order valence-corrected chi connectivity index (χ0v) is 37.1. The molecule has 0 amide bonds. The molecule has 1 atom stereocenters. The molecule has 0 fully saturated rings. The summed E-state index contributed by atoms with van der Waals surface area (Å²) in [6, 6.07) is 92.8. The van der Waals surface area contributed by atoms with Gasteiger partial charge in [0.2, 0.25) is 0 Å². The summed E-state index contributed by atoms with van der Waals surface area (Å²) >= 11 is 0. The van der Waals surface area contributed by atoms with Crippen LogP contribution in [0.5, 0.6) is 11.5 Å². The third kappa shape index (κ3) is 5.54. The minimum atomic E-state index is -0.628. The fraction of sp³-hybridized carbons (Fsp3) is 0.0154. The molecule has 1 aromatic heterocycles. The minimum Gasteiger partial charge on any atom is -0.457 e. The van der Waals surface area contributed by atoms with Crippen molar-refractivity contribution >= 4 is 49.6 Å². The quantitative estimate of drug-likeness (QED) is 0.166. The van der Waals surface area contributed by atoms with Crippen molar-refractivity contribution < 1.29 is 4.74 Å². The zero-order valence-electron chi connectivity index (χ0n) is 37.1. The van der Waals surface area contributed by atoms with Gasteiger partial charge in [-0.1, -0.05) is 200 Å². The molecule has 318 valence electrons. The van der Waals surface area contributed by atoms with E-state index < -0.39 is 5.41 Å². The molecule has 1 unspecified atom stereocenters. The van der Waals surface area contributed by atoms with Gasteiger partial charge in [0.1, 0.15) is 11.5 Å². The second-order valence-corrected chi connectivity index (χ2v) is 17.9. The number of rotatable bonds is 6. The molecule has 1 aliphatic carbocycles. The van der Waals surface area contributed by atoms with Crippen LogP contribution in [0.4, 0.5) is 17.1 Å². The second kappa shape index (κ2) is 15.1. The normalized spacial score (nSPS) is 14.4. The van der Waals surface area contributed by atoms with E-state index in [-0.39, 0.29) is 0 Å². The molecular weight excluding hydrogens is 825 g/mol. The molecule has 0 N–H and O–H groups in total. The summed E-state index contributed by atoms with van der Waals surface area (Å²) in [5.74, 6) is 1.70. The predicted octanol–water partition coefficient (Wildman–Crippen LogP) is 17.2. The Hall–Kier alpha value is -8.92. The largest absolute Gasteiger partial charge is 0.457 e. The summed E-state index contributed by atoms with van der Waals surface area (Å²) in [5, 5.41) is 4.90. The van der Waals surface area contributed by atoms with Crippen molar-refractivity contribution in [2.24, 2.45) is 0 Å². The number of fused-ring (bicyclic) bond motifs is 11. The Kier molecular flexibility index (Phi) is 8.50. The number of nitrogens with zero attached hydrogens (tertiary/aromatic N) is 2. The number of ether oxygens (including phenoxy) is 1. The van der Waals surface area contributed by atoms with Gasteiger partial charge in [0.25, 0.3) is 0 Å². The van der Waals surface area contributed by atoms with E-state index in [9.17, 15) is 0 Å². The number of para-hydroxylation sites is 4. The van der Waals surface area contributed by atoms with Crippen LogP contribution in [-0.2, 0) is 5.41 Å². The van der Waals surface area contributed by atoms with Gasteiger partial charge in [-0.15, -0.1) is 0 Å². The van der Waals surface area contributed by atoms with E-state index in [2.05, 4.69) is 264 Å². The third-order valence-corrected chi connectivity index (χ3v) is 14.4. The lowest BCUT2D eigenvalue weighted by Crippen LogP contribution is -2.36. The van der Waals surface area contributed by atoms with E-state index in [0.717, 1.165) is 67.5 Å². The molecule has 68 heavy (non-hydrogen) atoms. The van der Waals surface area contributed by atoms with Gasteiger partial charge in [0, 0.05) is 50.5 Å². The van der Waals surface area contributed by atoms with Crippen LogP contribution < -0.4 is 9.64 Å². The summed E-state index contributed by atoms with van der Waals surface area (Å²) in [4.78, 5) is 2.42. The second-order valence-electron chi connectivity index (χ2n) is 17.9. The van der Waals surface area contributed by atoms with Crippen LogP contribution in [0.3, 0.4) is 0 Å². The van der Waals surface area contributed by atoms with E-state index >= 15 is 0 Å². The Labute approximate surface area is 395 Å². The minimum absolute atomic E-state index is 0.628. The molecule has 14 rings (SSSR count). The fourth-order valence-corrected chi connectivity index (χ4v) is 11.7. The third-order valence-electron chi connectivity index (χ3n) is 14.4. The van der Waals surface area contributed by atoms with Crippen molar-refractivity contribution in [3.63, 3.8) is 0 Å². The smallest absolute Gasteiger partial charge is 0.134 e. The van der Waals surface area contributed by atoms with Gasteiger partial charge in [0.15, 0.2) is 0 Å². The first-order chi connectivity index (χ1) is 33.8. The van der Waals surface area contributed by atoms with Crippen LogP contribution >= 0.6 is 0 Å². The zero-order chi connectivity index (χ0) is 44.8. The van der Waals surface area contributed by atoms with Gasteiger partial charge in [-0.05, 0) is 92.7 Å². The van der Waals surface area contributed by atoms with Crippen LogP contribution in [0.15, 0.2) is 255 Å². The van der Waals surface area contributed by atoms with E-state index in [0.29, 0.717) is 0 Å². The Bertz CT molecular complexity index is 3960. The first kappa shape index (κ1) is 38.4. The number of hydrogen-bond donors (Lipinski definition) is 0. The van der Waals surface area contributed by atoms with Crippen molar-refractivity contribution in [1.82, 2.24) is 4.57 Å². The fourth-order valence-electron chi connectivity index (χ4n) is 11.7. The molecule has 1 spiro atoms. The summed E-state index contributed by atoms with van der Waals surface area (Å²) in [6.07, 6.45) is 0. The first-order valence-electron chi connectivity index (χ1n) is 23.4. The number of anilines is 3. The van der Waals surface area contributed by atoms with Crippen molar-refractivity contribution in [3.8, 4) is 50.6 Å². The highest BCUT2D eigenvalue weighted by Gasteiger charge is 2.49. The van der Waals surface area contributed by atoms with E-state index in [1.54, 1.807) is 0 Å². The molecule has 0 saturated carbocycles. The molecule has 1 aliphatic heterocycles. The van der Waals surface area contributed by atoms with Crippen LogP contribution in [0.25, 0.3) is 71.6 Å². The van der Waals surface area contributed by atoms with Crippen molar-refractivity contribution in [2.45, 2.75) is 5.41 Å². The summed E-state index contributed by atoms with van der Waals surface area (Å²) in [7, 11) is 0. The topological polar surface area (TPSA) is 17.4 Å². The van der Waals surface area contributed by atoms with Crippen molar-refractivity contribution in [3.05, 3.63) is 277 Å². The maximum Gasteiger partial charge on any atom is 0.134 e. The predicted molar refractivity (Wildman–Crippen MR) is 281 cm³/mol. The Balaban J connectivity index is 1.02. The van der Waals surface area contributed by atoms with Gasteiger partial charge in [-0.3, -0.25) is 0 Å². The Morgan fingerprint density at radius 2 is 0.926 bits per heavy atom. The van der Waals surface area contributed by atoms with Crippen molar-refractivity contribution in [1.29, 1.82) is 0 Å². The molecule has 0 bridgehead atoms. The van der Waals surface area contributed by atoms with E-state index in [1.165, 1.54) is 54.9 Å². The Morgan fingerprint density at radius 3 is 1.76 bits per heavy atom. The number of hydrogen-bond acceptors (Lipinski definition) is 2. The molecule has 3 heteroatoms. The van der Waals surface area contributed by atoms with Gasteiger partial charge in [0.05, 0.1) is 27.8 Å². The van der Waals surface area contributed by atoms with Crippen LogP contribution in [0, 0.1) is 0 Å². The molecule has 11 aromatic carbocycles. The molecule has 3 nitrogen and oxygen atoms in total. The molecule has 0 saturated heterocycles. The van der Waals surface area contributed by atoms with Gasteiger partial charge in [-0.25, -0.2) is 0 Å². The maximum atomic E-state index is 7.18. The monoisotopic (exact) mass is 866 g/mol. The SMILES string of the molecule is c1ccc(-c2ccccc2N(c2ccc3c(c2)Oc2ccccc2C32c3ccccc3-c3cccc4cccc2c34)c2ccc3c(c2)c2ccccc2n3-c2ccccc2-c2ccccc2)cc1. The molecule has 12 aromatic rings. The van der Waals surface area contributed by atoms with Crippen LogP contribution in [0.1, 0.15) is 22.3 Å². The van der Waals surface area contributed by atoms with Gasteiger partial charge >= 0.3 is 0 Å². The summed E-state index contributed by atoms with van der Waals surface area (Å²) in [5.41, 5.74) is 17.9. The van der Waals surface area contributed by atoms with Gasteiger partial charge in [-0.2, -0.15) is 0 Å². The molecule has 2 heterocycles. The van der Waals surface area contributed by atoms with E-state index in [4.69, 9.17) is 4.74 Å². The summed E-state index contributed by atoms with van der Waals surface area (Å²) in [6.45, 7) is 0. The molecular formula is C65H42N2O. The number of aromatic nitrogens is 1. The van der Waals surface area contributed by atoms with Crippen LogP contribution in [-0.4, -0.2) is 4.57 Å².